The Bertz CT molecular complexity index is 258. The molecule has 0 radical (unpaired) electrons. The molecule has 14 heavy (non-hydrogen) atoms. The Kier molecular flexibility index (Phi) is 1.97. The van der Waals surface area contributed by atoms with Crippen molar-refractivity contribution in [3.63, 3.8) is 0 Å². The van der Waals surface area contributed by atoms with Gasteiger partial charge in [-0.3, -0.25) is 4.79 Å². The zero-order valence-corrected chi connectivity index (χ0v) is 9.04. The van der Waals surface area contributed by atoms with Crippen LogP contribution in [0.15, 0.2) is 0 Å². The van der Waals surface area contributed by atoms with Crippen molar-refractivity contribution in [2.45, 2.75) is 45.4 Å². The molecule has 78 valence electrons. The quantitative estimate of drug-likeness (QED) is 0.576. The fraction of sp³-hybridized carbons (Fsp3) is 0.923. The smallest absolute Gasteiger partial charge is 0.139 e. The maximum absolute atomic E-state index is 11.9. The summed E-state index contributed by atoms with van der Waals surface area (Å²) in [5.74, 6) is 4.14. The van der Waals surface area contributed by atoms with E-state index < -0.39 is 0 Å². The van der Waals surface area contributed by atoms with Crippen molar-refractivity contribution in [3.05, 3.63) is 0 Å². The Balaban J connectivity index is 1.80. The second-order valence-corrected chi connectivity index (χ2v) is 5.83. The predicted molar refractivity (Wildman–Crippen MR) is 55.8 cm³/mol. The van der Waals surface area contributed by atoms with Crippen molar-refractivity contribution in [1.82, 2.24) is 0 Å². The van der Waals surface area contributed by atoms with E-state index in [2.05, 4.69) is 6.92 Å². The van der Waals surface area contributed by atoms with Crippen LogP contribution in [-0.2, 0) is 4.79 Å². The van der Waals surface area contributed by atoms with Crippen LogP contribution in [-0.4, -0.2) is 5.78 Å². The van der Waals surface area contributed by atoms with Gasteiger partial charge in [0.25, 0.3) is 0 Å². The zero-order chi connectivity index (χ0) is 9.71. The first kappa shape index (κ1) is 8.94. The summed E-state index contributed by atoms with van der Waals surface area (Å²) in [6.45, 7) is 2.14. The van der Waals surface area contributed by atoms with Crippen LogP contribution >= 0.6 is 0 Å². The predicted octanol–water partition coefficient (Wildman–Crippen LogP) is 3.04. The molecule has 0 bridgehead atoms. The molecule has 5 unspecified atom stereocenters. The van der Waals surface area contributed by atoms with Crippen LogP contribution in [0, 0.1) is 29.6 Å². The van der Waals surface area contributed by atoms with Crippen molar-refractivity contribution in [2.75, 3.05) is 0 Å². The highest BCUT2D eigenvalue weighted by Crippen LogP contribution is 2.52. The summed E-state index contributed by atoms with van der Waals surface area (Å²) in [6.07, 6.45) is 8.13. The molecule has 0 aromatic carbocycles. The minimum absolute atomic E-state index is 0.379. The van der Waals surface area contributed by atoms with E-state index in [1.807, 2.05) is 0 Å². The molecule has 3 aliphatic carbocycles. The summed E-state index contributed by atoms with van der Waals surface area (Å²) in [5, 5.41) is 0. The highest BCUT2D eigenvalue weighted by atomic mass is 16.1. The molecule has 0 N–H and O–H groups in total. The van der Waals surface area contributed by atoms with E-state index in [1.54, 1.807) is 0 Å². The van der Waals surface area contributed by atoms with Gasteiger partial charge in [-0.1, -0.05) is 26.2 Å². The third-order valence-corrected chi connectivity index (χ3v) is 5.06. The summed E-state index contributed by atoms with van der Waals surface area (Å²) in [4.78, 5) is 11.9. The average molecular weight is 192 g/mol. The second kappa shape index (κ2) is 3.08. The van der Waals surface area contributed by atoms with Gasteiger partial charge in [-0.25, -0.2) is 0 Å². The molecule has 0 heterocycles. The average Bonchev–Trinajstić information content (AvgIpc) is 2.70. The van der Waals surface area contributed by atoms with E-state index in [0.717, 1.165) is 17.8 Å². The molecule has 0 aromatic rings. The lowest BCUT2D eigenvalue weighted by atomic mass is 9.71. The summed E-state index contributed by atoms with van der Waals surface area (Å²) >= 11 is 0. The fourth-order valence-corrected chi connectivity index (χ4v) is 4.35. The van der Waals surface area contributed by atoms with Gasteiger partial charge in [0.1, 0.15) is 5.78 Å². The summed E-state index contributed by atoms with van der Waals surface area (Å²) in [5.41, 5.74) is 0. The molecule has 3 fully saturated rings. The number of carbonyl (C=O) groups excluding carboxylic acids is 1. The number of ketones is 1. The molecular formula is C13H20O. The van der Waals surface area contributed by atoms with Crippen LogP contribution < -0.4 is 0 Å². The maximum Gasteiger partial charge on any atom is 0.139 e. The van der Waals surface area contributed by atoms with E-state index in [-0.39, 0.29) is 0 Å². The lowest BCUT2D eigenvalue weighted by Crippen LogP contribution is -2.29. The van der Waals surface area contributed by atoms with Crippen molar-refractivity contribution >= 4 is 5.78 Å². The van der Waals surface area contributed by atoms with Crippen molar-refractivity contribution in [2.24, 2.45) is 29.6 Å². The monoisotopic (exact) mass is 192 g/mol. The third kappa shape index (κ3) is 1.17. The van der Waals surface area contributed by atoms with E-state index in [0.29, 0.717) is 17.6 Å². The van der Waals surface area contributed by atoms with Crippen LogP contribution in [0.2, 0.25) is 0 Å². The second-order valence-electron chi connectivity index (χ2n) is 5.83. The van der Waals surface area contributed by atoms with Gasteiger partial charge in [-0.2, -0.15) is 0 Å². The first-order chi connectivity index (χ1) is 6.75. The molecule has 3 rings (SSSR count). The largest absolute Gasteiger partial charge is 0.299 e. The van der Waals surface area contributed by atoms with Gasteiger partial charge in [0.2, 0.25) is 0 Å². The minimum atomic E-state index is 0.379. The fourth-order valence-electron chi connectivity index (χ4n) is 4.35. The number of hydrogen-bond donors (Lipinski definition) is 0. The van der Waals surface area contributed by atoms with Crippen LogP contribution in [0.5, 0.6) is 0 Å². The van der Waals surface area contributed by atoms with E-state index >= 15 is 0 Å². The molecular weight excluding hydrogens is 172 g/mol. The highest BCUT2D eigenvalue weighted by Gasteiger charge is 2.47. The molecule has 0 spiro atoms. The molecule has 1 heteroatoms. The standard InChI is InChI=1S/C13H20O/c1-8-5-11-6-9-3-2-4-10(9)7-12(11)13(8)14/h8-12H,2-7H2,1H3. The molecule has 0 aromatic heterocycles. The SMILES string of the molecule is CC1CC2CC3CCCC3CC2C1=O. The normalized spacial score (nSPS) is 51.8. The number of carbonyl (C=O) groups is 1. The van der Waals surface area contributed by atoms with E-state index in [1.165, 1.54) is 38.5 Å². The molecule has 0 saturated heterocycles. The Morgan fingerprint density at radius 3 is 2.50 bits per heavy atom. The topological polar surface area (TPSA) is 17.1 Å². The molecule has 3 saturated carbocycles. The molecule has 3 aliphatic rings. The lowest BCUT2D eigenvalue weighted by molar-refractivity contribution is -0.125. The van der Waals surface area contributed by atoms with Crippen LogP contribution in [0.4, 0.5) is 0 Å². The van der Waals surface area contributed by atoms with E-state index in [4.69, 9.17) is 0 Å². The van der Waals surface area contributed by atoms with Gasteiger partial charge >= 0.3 is 0 Å². The van der Waals surface area contributed by atoms with Crippen LogP contribution in [0.1, 0.15) is 45.4 Å². The van der Waals surface area contributed by atoms with E-state index in [9.17, 15) is 4.79 Å². The van der Waals surface area contributed by atoms with Crippen LogP contribution in [0.3, 0.4) is 0 Å². The van der Waals surface area contributed by atoms with Gasteiger partial charge in [0, 0.05) is 11.8 Å². The maximum atomic E-state index is 11.9. The third-order valence-electron chi connectivity index (χ3n) is 5.06. The first-order valence-electron chi connectivity index (χ1n) is 6.29. The van der Waals surface area contributed by atoms with Crippen molar-refractivity contribution in [1.29, 1.82) is 0 Å². The molecule has 0 aliphatic heterocycles. The first-order valence-corrected chi connectivity index (χ1v) is 6.29. The van der Waals surface area contributed by atoms with Crippen molar-refractivity contribution < 1.29 is 4.79 Å². The van der Waals surface area contributed by atoms with Gasteiger partial charge < -0.3 is 0 Å². The van der Waals surface area contributed by atoms with Gasteiger partial charge in [0.05, 0.1) is 0 Å². The Labute approximate surface area is 86.3 Å². The van der Waals surface area contributed by atoms with Gasteiger partial charge in [-0.15, -0.1) is 0 Å². The summed E-state index contributed by atoms with van der Waals surface area (Å²) in [7, 11) is 0. The number of hydrogen-bond acceptors (Lipinski definition) is 1. The van der Waals surface area contributed by atoms with Crippen LogP contribution in [0.25, 0.3) is 0 Å². The molecule has 5 atom stereocenters. The Morgan fingerprint density at radius 1 is 1.00 bits per heavy atom. The molecule has 1 nitrogen and oxygen atoms in total. The minimum Gasteiger partial charge on any atom is -0.299 e. The number of fused-ring (bicyclic) bond motifs is 2. The lowest BCUT2D eigenvalue weighted by Gasteiger charge is -2.33. The zero-order valence-electron chi connectivity index (χ0n) is 9.04. The number of rotatable bonds is 0. The number of Topliss-reactive ketones (excluding diaryl/α,β-unsaturated/α-hetero) is 1. The Morgan fingerprint density at radius 2 is 1.71 bits per heavy atom. The van der Waals surface area contributed by atoms with Crippen molar-refractivity contribution in [3.8, 4) is 0 Å². The van der Waals surface area contributed by atoms with Gasteiger partial charge in [0.15, 0.2) is 0 Å². The Hall–Kier alpha value is -0.330. The van der Waals surface area contributed by atoms with Gasteiger partial charge in [-0.05, 0) is 37.0 Å². The summed E-state index contributed by atoms with van der Waals surface area (Å²) in [6, 6.07) is 0. The highest BCUT2D eigenvalue weighted by molar-refractivity contribution is 5.85. The molecule has 0 amide bonds. The summed E-state index contributed by atoms with van der Waals surface area (Å²) < 4.78 is 0.